The molecule has 11 rings (SSSR count). The van der Waals surface area contributed by atoms with Crippen LogP contribution in [0.1, 0.15) is 346 Å². The van der Waals surface area contributed by atoms with Gasteiger partial charge in [0.05, 0.1) is 6.85 Å². The van der Waals surface area contributed by atoms with E-state index in [9.17, 15) is 0 Å². The van der Waals surface area contributed by atoms with Gasteiger partial charge in [-0.2, -0.15) is 0 Å². The predicted octanol–water partition coefficient (Wildman–Crippen LogP) is 34.6. The molecule has 0 atom stereocenters. The van der Waals surface area contributed by atoms with Crippen molar-refractivity contribution in [2.45, 2.75) is 316 Å². The van der Waals surface area contributed by atoms with Crippen molar-refractivity contribution in [3.05, 3.63) is 345 Å². The molecule has 116 heavy (non-hydrogen) atoms. The number of rotatable bonds is 12. The van der Waals surface area contributed by atoms with Crippen molar-refractivity contribution in [1.82, 2.24) is 0 Å². The van der Waals surface area contributed by atoms with Gasteiger partial charge in [0, 0.05) is 13.7 Å². The van der Waals surface area contributed by atoms with Crippen molar-refractivity contribution in [3.63, 3.8) is 0 Å². The quantitative estimate of drug-likeness (QED) is 0.114. The van der Waals surface area contributed by atoms with Crippen molar-refractivity contribution >= 4 is 0 Å². The lowest BCUT2D eigenvalue weighted by Crippen LogP contribution is -2.24. The van der Waals surface area contributed by atoms with Crippen LogP contribution in [0.5, 0.6) is 0 Å². The molecular formula is C116H158. The molecule has 0 aliphatic rings. The van der Waals surface area contributed by atoms with Crippen molar-refractivity contribution in [2.24, 2.45) is 11.8 Å². The maximum absolute atomic E-state index is 8.50. The van der Waals surface area contributed by atoms with Crippen molar-refractivity contribution < 1.29 is 20.6 Å². The molecule has 0 nitrogen and oxygen atoms in total. The summed E-state index contributed by atoms with van der Waals surface area (Å²) in [4.78, 5) is 0. The molecule has 0 N–H and O–H groups in total. The van der Waals surface area contributed by atoms with Crippen LogP contribution in [0.3, 0.4) is 0 Å². The summed E-state index contributed by atoms with van der Waals surface area (Å²) in [5.74, 6) is -1.41. The summed E-state index contributed by atoms with van der Waals surface area (Å²) in [6, 6.07) is 78.8. The standard InChI is InChI=1S/C22H22.C18H30.C17H28.2C16H18.C14H22.C13H20/c1-22(2,3)21-19(17-11-6-4-7-12-17)15-10-16-20(21)18-13-8-5-9-14-18;1-13(2)11-15-9-8-10-16(12-14(3)4)17(15)18(5,6)7;1-12(2)13-10-9-11-14(16(3,4)5)15(13)17(6,7)8;2*1-16(2,3)15-12-8-7-11-14(15)13-9-5-4-6-10-13;1-6-11-9-8-10-12(7-2)13(11)14(3,4)5;1-10(2)11-8-6-7-9-12(11)13(3,4)5/h4-16H,1-3H3;8-10,13-14H,11-12H2,1-7H3;9-12H,1-8H3;2*4-12H,1-3H3;8-10H,6-7H2,1-5H3;6-10H,1-5H3/i;11D2,12D2;12D;4D,5D,6D,9D,10D;;6D2,7D2;10D. The highest BCUT2D eigenvalue weighted by Gasteiger charge is 2.30. The molecule has 0 unspecified atom stereocenters. The van der Waals surface area contributed by atoms with E-state index in [-0.39, 0.29) is 90.9 Å². The Morgan fingerprint density at radius 2 is 0.509 bits per heavy atom. The largest absolute Gasteiger partial charge is 0.0629 e. The minimum atomic E-state index is -1.48. The molecule has 0 bridgehead atoms. The van der Waals surface area contributed by atoms with Crippen LogP contribution in [0.15, 0.2) is 267 Å². The lowest BCUT2D eigenvalue weighted by molar-refractivity contribution is 0.521. The second-order valence-corrected chi connectivity index (χ2v) is 39.7. The van der Waals surface area contributed by atoms with Crippen molar-refractivity contribution in [1.29, 1.82) is 0 Å². The Hall–Kier alpha value is -8.58. The molecule has 0 fully saturated rings. The maximum Gasteiger partial charge on any atom is 0.0629 e. The second-order valence-electron chi connectivity index (χ2n) is 39.7. The molecule has 0 saturated heterocycles. The lowest BCUT2D eigenvalue weighted by Gasteiger charge is -2.33. The van der Waals surface area contributed by atoms with Crippen LogP contribution in [0.4, 0.5) is 0 Å². The number of aryl methyl sites for hydroxylation is 2. The van der Waals surface area contributed by atoms with Crippen LogP contribution >= 0.6 is 0 Å². The first kappa shape index (κ1) is 76.1. The minimum Gasteiger partial charge on any atom is -0.0625 e. The fourth-order valence-electron chi connectivity index (χ4n) is 14.8. The van der Waals surface area contributed by atoms with E-state index in [0.29, 0.717) is 27.8 Å². The molecule has 0 spiro atoms. The van der Waals surface area contributed by atoms with E-state index in [1.54, 1.807) is 24.3 Å². The van der Waals surface area contributed by atoms with E-state index in [1.165, 1.54) is 75.0 Å². The molecule has 0 aliphatic heterocycles. The van der Waals surface area contributed by atoms with Crippen LogP contribution < -0.4 is 0 Å². The third kappa shape index (κ3) is 29.8. The molecule has 622 valence electrons. The lowest BCUT2D eigenvalue weighted by atomic mass is 9.71. The Bertz CT molecular complexity index is 5210. The van der Waals surface area contributed by atoms with Gasteiger partial charge in [-0.1, -0.05) is 502 Å². The van der Waals surface area contributed by atoms with Gasteiger partial charge in [0.25, 0.3) is 0 Å². The summed E-state index contributed by atoms with van der Waals surface area (Å²) in [5.41, 5.74) is 22.7. The minimum absolute atomic E-state index is 0.0670. The SMILES string of the molecule is CC(C)(C)c1c(-c2ccccc2)cccc1-c1ccccc1.CC(C)(C)c1ccccc1-c1ccccc1.[2H]C(C)(C)c1cccc(C(C)(C)C)c1C(C)(C)C.[2H]C(C)(C)c1ccccc1C(C)(C)C.[2H]C([2H])(C)c1cccc(C([2H])([2H])C)c1C(C)(C)C.[2H]C([2H])(c1cccc(C([2H])([2H])C(C)C)c1C(C)(C)C)C(C)C.[2H]c1c([2H])c([2H])c(-c2ccccc2C(C)(C)C)c([2H])c1[2H]. The number of benzene rings is 11. The molecule has 0 amide bonds. The zero-order valence-electron chi connectivity index (χ0n) is 93.2. The maximum atomic E-state index is 8.50. The molecule has 0 heteroatoms. The summed E-state index contributed by atoms with van der Waals surface area (Å²) in [7, 11) is 0. The highest BCUT2D eigenvalue weighted by molar-refractivity contribution is 5.80. The molecular weight excluding hydrogens is 1390 g/mol. The summed E-state index contributed by atoms with van der Waals surface area (Å²) in [6.45, 7) is 70.3. The topological polar surface area (TPSA) is 0 Å². The Kier molecular flexibility index (Phi) is 28.4. The molecule has 0 saturated carbocycles. The summed E-state index contributed by atoms with van der Waals surface area (Å²) in [5, 5.41) is 0. The second kappa shape index (κ2) is 43.2. The van der Waals surface area contributed by atoms with Gasteiger partial charge < -0.3 is 0 Å². The Balaban J connectivity index is 0.000000272. The van der Waals surface area contributed by atoms with E-state index in [0.717, 1.165) is 27.8 Å². The first-order valence-corrected chi connectivity index (χ1v) is 42.1. The van der Waals surface area contributed by atoms with Gasteiger partial charge in [-0.15, -0.1) is 0 Å². The van der Waals surface area contributed by atoms with E-state index in [2.05, 4.69) is 274 Å². The van der Waals surface area contributed by atoms with Gasteiger partial charge in [0.1, 0.15) is 0 Å². The van der Waals surface area contributed by atoms with Crippen LogP contribution in [-0.4, -0.2) is 0 Å². The molecule has 0 heterocycles. The van der Waals surface area contributed by atoms with Crippen LogP contribution in [0.25, 0.3) is 44.5 Å². The average Bonchev–Trinajstić information content (AvgIpc) is 0.752. The number of hydrogen-bond donors (Lipinski definition) is 0. The van der Waals surface area contributed by atoms with Crippen molar-refractivity contribution in [2.75, 3.05) is 0 Å². The zero-order valence-corrected chi connectivity index (χ0v) is 78.2. The van der Waals surface area contributed by atoms with Gasteiger partial charge in [-0.25, -0.2) is 0 Å². The van der Waals surface area contributed by atoms with Crippen molar-refractivity contribution in [3.8, 4) is 44.5 Å². The Labute approximate surface area is 733 Å². The first-order valence-electron chi connectivity index (χ1n) is 49.6. The Morgan fingerprint density at radius 1 is 0.241 bits per heavy atom. The van der Waals surface area contributed by atoms with Gasteiger partial charge in [-0.3, -0.25) is 0 Å². The highest BCUT2D eigenvalue weighted by atomic mass is 14.3. The van der Waals surface area contributed by atoms with Crippen LogP contribution in [-0.2, 0) is 68.8 Å². The third-order valence-electron chi connectivity index (χ3n) is 19.8. The molecule has 11 aromatic rings. The van der Waals surface area contributed by atoms with Gasteiger partial charge in [0.2, 0.25) is 0 Å². The summed E-state index contributed by atoms with van der Waals surface area (Å²) < 4.78 is 122. The molecule has 0 aromatic heterocycles. The fourth-order valence-corrected chi connectivity index (χ4v) is 14.8. The van der Waals surface area contributed by atoms with E-state index >= 15 is 0 Å². The third-order valence-corrected chi connectivity index (χ3v) is 19.8. The normalized spacial score (nSPS) is 14.5. The zero-order chi connectivity index (χ0) is 100. The van der Waals surface area contributed by atoms with E-state index in [4.69, 9.17) is 20.6 Å². The van der Waals surface area contributed by atoms with Gasteiger partial charge in [0.15, 0.2) is 0 Å². The van der Waals surface area contributed by atoms with Gasteiger partial charge >= 0.3 is 0 Å². The van der Waals surface area contributed by atoms with Gasteiger partial charge in [-0.05, 0) is 215 Å². The number of hydrogen-bond acceptors (Lipinski definition) is 0. The Morgan fingerprint density at radius 3 is 0.836 bits per heavy atom. The predicted molar refractivity (Wildman–Crippen MR) is 520 cm³/mol. The average molecular weight is 1570 g/mol. The monoisotopic (exact) mass is 1570 g/mol. The highest BCUT2D eigenvalue weighted by Crippen LogP contribution is 2.43. The summed E-state index contributed by atoms with van der Waals surface area (Å²) >= 11 is 0. The van der Waals surface area contributed by atoms with Crippen LogP contribution in [0, 0.1) is 11.8 Å². The first-order chi connectivity index (χ1) is 59.5. The van der Waals surface area contributed by atoms with E-state index < -0.39 is 37.3 Å². The van der Waals surface area contributed by atoms with E-state index in [1.807, 2.05) is 160 Å². The van der Waals surface area contributed by atoms with Crippen LogP contribution in [0.2, 0.25) is 0 Å². The molecule has 0 radical (unpaired) electrons. The summed E-state index contributed by atoms with van der Waals surface area (Å²) in [6.07, 6.45) is -5.90. The smallest absolute Gasteiger partial charge is 0.0625 e. The molecule has 0 aliphatic carbocycles. The fraction of sp³-hybridized carbons (Fsp3) is 0.431. The molecule has 11 aromatic carbocycles.